The van der Waals surface area contributed by atoms with Gasteiger partial charge in [-0.25, -0.2) is 19.3 Å². The van der Waals surface area contributed by atoms with Gasteiger partial charge in [0.25, 0.3) is 0 Å². The molecule has 10 heteroatoms. The van der Waals surface area contributed by atoms with Crippen LogP contribution in [-0.2, 0) is 9.53 Å². The largest absolute Gasteiger partial charge is 0.449 e. The Bertz CT molecular complexity index is 997. The Morgan fingerprint density at radius 2 is 2.29 bits per heavy atom. The second-order valence-electron chi connectivity index (χ2n) is 7.42. The van der Waals surface area contributed by atoms with Crippen LogP contribution >= 0.6 is 0 Å². The topological polar surface area (TPSA) is 130 Å². The van der Waals surface area contributed by atoms with Crippen molar-refractivity contribution in [3.63, 3.8) is 0 Å². The highest BCUT2D eigenvalue weighted by Crippen LogP contribution is 2.30. The molecule has 31 heavy (non-hydrogen) atoms. The number of rotatable bonds is 7. The third kappa shape index (κ3) is 4.67. The maximum absolute atomic E-state index is 12.4. The average Bonchev–Trinajstić information content (AvgIpc) is 3.23. The highest BCUT2D eigenvalue weighted by Gasteiger charge is 2.33. The summed E-state index contributed by atoms with van der Waals surface area (Å²) in [7, 11) is 1.90. The molecular formula is C21H27N7O3. The molecule has 1 aliphatic rings. The first-order valence-electron chi connectivity index (χ1n) is 10.2. The zero-order chi connectivity index (χ0) is 22.4. The Balaban J connectivity index is 1.87. The summed E-state index contributed by atoms with van der Waals surface area (Å²) in [6.07, 6.45) is 5.58. The van der Waals surface area contributed by atoms with Crippen molar-refractivity contribution in [2.24, 2.45) is 11.7 Å². The second-order valence-corrected chi connectivity index (χ2v) is 7.42. The van der Waals surface area contributed by atoms with Gasteiger partial charge in [-0.15, -0.1) is 6.58 Å². The summed E-state index contributed by atoms with van der Waals surface area (Å²) in [5.74, 6) is 0.608. The molecule has 0 unspecified atom stereocenters. The van der Waals surface area contributed by atoms with Gasteiger partial charge in [-0.05, 0) is 25.5 Å². The molecule has 2 aromatic rings. The summed E-state index contributed by atoms with van der Waals surface area (Å²) in [6, 6.07) is 3.62. The van der Waals surface area contributed by atoms with E-state index < -0.39 is 6.09 Å². The molecule has 3 rings (SSSR count). The molecule has 2 aromatic heterocycles. The molecule has 0 radical (unpaired) electrons. The van der Waals surface area contributed by atoms with Crippen LogP contribution < -0.4 is 10.6 Å². The van der Waals surface area contributed by atoms with E-state index in [0.29, 0.717) is 42.9 Å². The van der Waals surface area contributed by atoms with E-state index in [1.165, 1.54) is 10.9 Å². The van der Waals surface area contributed by atoms with E-state index in [1.54, 1.807) is 17.2 Å². The van der Waals surface area contributed by atoms with Crippen LogP contribution in [0.25, 0.3) is 11.0 Å². The van der Waals surface area contributed by atoms with Gasteiger partial charge in [0.05, 0.1) is 24.1 Å². The Kier molecular flexibility index (Phi) is 7.20. The molecule has 10 nitrogen and oxygen atoms in total. The van der Waals surface area contributed by atoms with Gasteiger partial charge in [-0.3, -0.25) is 4.79 Å². The van der Waals surface area contributed by atoms with Crippen molar-refractivity contribution in [3.05, 3.63) is 31.2 Å². The summed E-state index contributed by atoms with van der Waals surface area (Å²) in [4.78, 5) is 37.1. The predicted octanol–water partition coefficient (Wildman–Crippen LogP) is 1.52. The first-order chi connectivity index (χ1) is 15.0. The minimum absolute atomic E-state index is 0.0770. The highest BCUT2D eigenvalue weighted by atomic mass is 16.5. The van der Waals surface area contributed by atoms with Gasteiger partial charge in [0.2, 0.25) is 5.91 Å². The molecule has 164 valence electrons. The number of hydrogen-bond donors (Lipinski definition) is 1. The monoisotopic (exact) mass is 425 g/mol. The van der Waals surface area contributed by atoms with Crippen LogP contribution in [-0.4, -0.2) is 70.8 Å². The van der Waals surface area contributed by atoms with Crippen molar-refractivity contribution in [1.29, 1.82) is 5.26 Å². The smallest absolute Gasteiger partial charge is 0.419 e. The summed E-state index contributed by atoms with van der Waals surface area (Å²) in [6.45, 7) is 5.68. The van der Waals surface area contributed by atoms with E-state index in [2.05, 4.69) is 16.5 Å². The fourth-order valence-electron chi connectivity index (χ4n) is 3.88. The van der Waals surface area contributed by atoms with Crippen molar-refractivity contribution in [1.82, 2.24) is 19.4 Å². The molecule has 3 heterocycles. The lowest BCUT2D eigenvalue weighted by molar-refractivity contribution is -0.131. The SMILES string of the molecule is C=C[C@@H]1CCN(C(=O)CC#N)C[C@@H]1N(C)c1ncnc2c1ccn2C(=O)OCCCN. The number of carbonyl (C=O) groups is 2. The van der Waals surface area contributed by atoms with Crippen LogP contribution in [0.15, 0.2) is 31.2 Å². The minimum atomic E-state index is -0.523. The van der Waals surface area contributed by atoms with Gasteiger partial charge >= 0.3 is 6.09 Å². The number of amides is 1. The molecule has 0 aliphatic carbocycles. The normalized spacial score (nSPS) is 18.4. The van der Waals surface area contributed by atoms with Gasteiger partial charge in [0.15, 0.2) is 5.65 Å². The van der Waals surface area contributed by atoms with E-state index in [0.717, 1.165) is 6.42 Å². The maximum atomic E-state index is 12.4. The second kappa shape index (κ2) is 10.0. The number of nitriles is 1. The Morgan fingerprint density at radius 3 is 3.00 bits per heavy atom. The molecule has 1 amide bonds. The van der Waals surface area contributed by atoms with Crippen molar-refractivity contribution >= 4 is 28.9 Å². The number of anilines is 1. The van der Waals surface area contributed by atoms with E-state index in [1.807, 2.05) is 24.1 Å². The molecule has 0 spiro atoms. The first kappa shape index (κ1) is 22.2. The number of fused-ring (bicyclic) bond motifs is 1. The lowest BCUT2D eigenvalue weighted by Crippen LogP contribution is -2.53. The third-order valence-corrected chi connectivity index (χ3v) is 5.58. The number of piperidine rings is 1. The quantitative estimate of drug-likeness (QED) is 0.522. The van der Waals surface area contributed by atoms with Crippen LogP contribution in [0.4, 0.5) is 10.6 Å². The molecule has 0 saturated carbocycles. The summed E-state index contributed by atoms with van der Waals surface area (Å²) >= 11 is 0. The maximum Gasteiger partial charge on any atom is 0.419 e. The molecule has 1 saturated heterocycles. The van der Waals surface area contributed by atoms with Crippen molar-refractivity contribution in [2.45, 2.75) is 25.3 Å². The van der Waals surface area contributed by atoms with Gasteiger partial charge in [-0.2, -0.15) is 5.26 Å². The molecule has 0 aromatic carbocycles. The molecule has 2 N–H and O–H groups in total. The first-order valence-corrected chi connectivity index (χ1v) is 10.2. The fourth-order valence-corrected chi connectivity index (χ4v) is 3.88. The number of nitrogens with two attached hydrogens (primary N) is 1. The van der Waals surface area contributed by atoms with Crippen LogP contribution in [0.2, 0.25) is 0 Å². The minimum Gasteiger partial charge on any atom is -0.449 e. The Labute approximate surface area is 180 Å². The van der Waals surface area contributed by atoms with Gasteiger partial charge in [0.1, 0.15) is 18.6 Å². The number of likely N-dealkylation sites (N-methyl/N-ethyl adjacent to an activating group) is 1. The number of ether oxygens (including phenoxy) is 1. The van der Waals surface area contributed by atoms with E-state index in [-0.39, 0.29) is 30.9 Å². The standard InChI is InChI=1S/C21H27N7O3/c1-3-15-6-10-27(18(29)5-9-23)13-17(15)26(2)19-16-7-11-28(20(16)25-14-24-19)21(30)31-12-4-8-22/h3,7,11,14-15,17H,1,4-6,8,10,12-13,22H2,2H3/t15-,17+/m1/s1. The molecule has 0 bridgehead atoms. The van der Waals surface area contributed by atoms with Crippen LogP contribution in [0.5, 0.6) is 0 Å². The predicted molar refractivity (Wildman–Crippen MR) is 115 cm³/mol. The molecule has 2 atom stereocenters. The van der Waals surface area contributed by atoms with E-state index in [4.69, 9.17) is 15.7 Å². The number of carbonyl (C=O) groups excluding carboxylic acids is 2. The van der Waals surface area contributed by atoms with Crippen LogP contribution in [0, 0.1) is 17.2 Å². The van der Waals surface area contributed by atoms with Gasteiger partial charge < -0.3 is 20.3 Å². The molecule has 1 fully saturated rings. The van der Waals surface area contributed by atoms with E-state index >= 15 is 0 Å². The van der Waals surface area contributed by atoms with Crippen LogP contribution in [0.3, 0.4) is 0 Å². The molecule has 1 aliphatic heterocycles. The highest BCUT2D eigenvalue weighted by molar-refractivity contribution is 5.93. The zero-order valence-corrected chi connectivity index (χ0v) is 17.6. The van der Waals surface area contributed by atoms with Gasteiger partial charge in [0, 0.05) is 32.3 Å². The number of aromatic nitrogens is 3. The fraction of sp³-hybridized carbons (Fsp3) is 0.476. The zero-order valence-electron chi connectivity index (χ0n) is 17.6. The van der Waals surface area contributed by atoms with Gasteiger partial charge in [-0.1, -0.05) is 6.08 Å². The summed E-state index contributed by atoms with van der Waals surface area (Å²) in [5, 5.41) is 9.56. The summed E-state index contributed by atoms with van der Waals surface area (Å²) in [5.41, 5.74) is 5.89. The molecular weight excluding hydrogens is 398 g/mol. The van der Waals surface area contributed by atoms with Crippen LogP contribution in [0.1, 0.15) is 19.3 Å². The third-order valence-electron chi connectivity index (χ3n) is 5.58. The number of likely N-dealkylation sites (tertiary alicyclic amines) is 1. The average molecular weight is 425 g/mol. The van der Waals surface area contributed by atoms with Crippen molar-refractivity contribution < 1.29 is 14.3 Å². The Morgan fingerprint density at radius 1 is 1.48 bits per heavy atom. The number of hydrogen-bond acceptors (Lipinski definition) is 8. The van der Waals surface area contributed by atoms with E-state index in [9.17, 15) is 9.59 Å². The number of nitrogens with zero attached hydrogens (tertiary/aromatic N) is 6. The summed E-state index contributed by atoms with van der Waals surface area (Å²) < 4.78 is 6.58. The lowest BCUT2D eigenvalue weighted by Gasteiger charge is -2.42. The Hall–Kier alpha value is -3.45. The lowest BCUT2D eigenvalue weighted by atomic mass is 9.90. The van der Waals surface area contributed by atoms with Crippen molar-refractivity contribution in [3.8, 4) is 6.07 Å². The van der Waals surface area contributed by atoms with Crippen molar-refractivity contribution in [2.75, 3.05) is 38.2 Å².